The minimum absolute atomic E-state index is 0.0919. The number of carboxylic acids is 3. The second-order valence-electron chi connectivity index (χ2n) is 15.6. The lowest BCUT2D eigenvalue weighted by Gasteiger charge is -2.22. The third-order valence-electron chi connectivity index (χ3n) is 10.6. The van der Waals surface area contributed by atoms with Crippen LogP contribution in [0, 0.1) is 0 Å². The van der Waals surface area contributed by atoms with Crippen LogP contribution in [0.5, 0.6) is 5.75 Å². The number of hydrazone groups is 2. The van der Waals surface area contributed by atoms with Crippen LogP contribution in [-0.2, 0) is 34.5 Å². The number of aromatic hydroxyl groups is 1. The SMILES string of the molecule is CC(=O)C(N=Nc1ccc(-c2ccc(NN=C3C(=O)c4ccc(Nc5ccccc5)c(NN=C5C=C(S(N)(=O)=O)C=CC5=O)c4C=C3S(=O)(=O)O)c(C(=O)O)c2)cc1C(=O)O)C(=O)Nc1ccc(O)c(C(=O)O)c1. The number of para-hydroxylation sites is 1. The van der Waals surface area contributed by atoms with Gasteiger partial charge in [-0.25, -0.2) is 27.9 Å². The standard InChI is InChI=1S/C47H35N9O16S2/c1-22(57)40(44(61)50-26-9-15-37(58)32(19-26)47(66)67)54-51-33-12-7-23(17-30(33)45(62)63)24-8-13-34(31(18-24)46(64)65)52-56-42-39(74(70,71)72)21-29-28(43(42)60)11-14-35(49-25-5-3-2-4-6-25)41(29)55-53-36-20-27(73(48,68)69)10-16-38(36)59/h2-21,40,49,52,55,58H,1H3,(H,50,61)(H,62,63)(H,64,65)(H,66,67)(H2,48,68,69)(H,70,71,72). The largest absolute Gasteiger partial charge is 0.507 e. The smallest absolute Gasteiger partial charge is 0.339 e. The molecule has 5 aromatic carbocycles. The van der Waals surface area contributed by atoms with Gasteiger partial charge in [0.25, 0.3) is 16.0 Å². The highest BCUT2D eigenvalue weighted by Gasteiger charge is 2.35. The van der Waals surface area contributed by atoms with Gasteiger partial charge < -0.3 is 31.1 Å². The summed E-state index contributed by atoms with van der Waals surface area (Å²) in [6.45, 7) is 0.995. The molecule has 0 fully saturated rings. The summed E-state index contributed by atoms with van der Waals surface area (Å²) in [5.41, 5.74) is 1.39. The van der Waals surface area contributed by atoms with E-state index in [4.69, 9.17) is 5.14 Å². The maximum absolute atomic E-state index is 14.2. The van der Waals surface area contributed by atoms with Crippen molar-refractivity contribution in [2.45, 2.75) is 13.0 Å². The second-order valence-corrected chi connectivity index (χ2v) is 18.5. The summed E-state index contributed by atoms with van der Waals surface area (Å²) < 4.78 is 60.5. The van der Waals surface area contributed by atoms with Gasteiger partial charge in [-0.3, -0.25) is 34.6 Å². The van der Waals surface area contributed by atoms with Crippen molar-refractivity contribution >= 4 is 113 Å². The molecule has 0 spiro atoms. The van der Waals surface area contributed by atoms with Crippen LogP contribution in [-0.4, -0.2) is 100 Å². The minimum Gasteiger partial charge on any atom is -0.507 e. The fourth-order valence-electron chi connectivity index (χ4n) is 7.01. The van der Waals surface area contributed by atoms with Crippen molar-refractivity contribution in [1.82, 2.24) is 0 Å². The van der Waals surface area contributed by atoms with Crippen molar-refractivity contribution in [1.29, 1.82) is 0 Å². The lowest BCUT2D eigenvalue weighted by atomic mass is 9.92. The molecule has 1 amide bonds. The number of carboxylic acid groups (broad SMARTS) is 3. The van der Waals surface area contributed by atoms with Crippen LogP contribution in [0.2, 0.25) is 0 Å². The Labute approximate surface area is 416 Å². The number of anilines is 5. The molecule has 7 rings (SSSR count). The zero-order chi connectivity index (χ0) is 53.8. The Hall–Kier alpha value is -9.83. The second kappa shape index (κ2) is 20.9. The Morgan fingerprint density at radius 3 is 1.97 bits per heavy atom. The molecule has 11 N–H and O–H groups in total. The van der Waals surface area contributed by atoms with Crippen molar-refractivity contribution in [2.75, 3.05) is 21.5 Å². The van der Waals surface area contributed by atoms with Gasteiger partial charge in [0.1, 0.15) is 21.9 Å². The average Bonchev–Trinajstić information content (AvgIpc) is 3.33. The first-order valence-corrected chi connectivity index (χ1v) is 23.8. The van der Waals surface area contributed by atoms with Crippen molar-refractivity contribution in [2.24, 2.45) is 25.6 Å². The molecule has 27 heteroatoms. The third kappa shape index (κ3) is 11.5. The molecule has 5 aromatic rings. The van der Waals surface area contributed by atoms with E-state index in [-0.39, 0.29) is 50.7 Å². The van der Waals surface area contributed by atoms with Gasteiger partial charge in [-0.05, 0) is 109 Å². The fraction of sp³-hybridized carbons (Fsp3) is 0.0426. The van der Waals surface area contributed by atoms with Crippen LogP contribution < -0.4 is 26.6 Å². The average molecular weight is 1050 g/mol. The number of fused-ring (bicyclic) bond motifs is 1. The summed E-state index contributed by atoms with van der Waals surface area (Å²) in [7, 11) is -9.63. The Balaban J connectivity index is 1.20. The number of nitrogens with zero attached hydrogens (tertiary/aromatic N) is 4. The van der Waals surface area contributed by atoms with Crippen LogP contribution >= 0.6 is 0 Å². The molecule has 0 saturated carbocycles. The van der Waals surface area contributed by atoms with Gasteiger partial charge in [0.05, 0.1) is 38.8 Å². The molecule has 2 aliphatic carbocycles. The van der Waals surface area contributed by atoms with Crippen LogP contribution in [0.3, 0.4) is 0 Å². The molecule has 0 aromatic heterocycles. The Morgan fingerprint density at radius 1 is 0.689 bits per heavy atom. The number of azo groups is 1. The number of phenols is 1. The van der Waals surface area contributed by atoms with Gasteiger partial charge >= 0.3 is 17.9 Å². The summed E-state index contributed by atoms with van der Waals surface area (Å²) >= 11 is 0. The number of nitrogens with two attached hydrogens (primary N) is 1. The number of rotatable bonds is 17. The number of amides is 1. The molecule has 74 heavy (non-hydrogen) atoms. The molecule has 0 bridgehead atoms. The fourth-order valence-corrected chi connectivity index (χ4v) is 8.19. The highest BCUT2D eigenvalue weighted by Crippen LogP contribution is 2.38. The van der Waals surface area contributed by atoms with Gasteiger partial charge in [-0.15, -0.1) is 0 Å². The van der Waals surface area contributed by atoms with Gasteiger partial charge in [-0.1, -0.05) is 30.3 Å². The molecule has 0 saturated heterocycles. The number of carbonyl (C=O) groups excluding carboxylic acids is 4. The molecular weight excluding hydrogens is 1010 g/mol. The molecule has 0 aliphatic heterocycles. The summed E-state index contributed by atoms with van der Waals surface area (Å²) in [6.07, 6.45) is 3.60. The molecule has 2 aliphatic rings. The van der Waals surface area contributed by atoms with E-state index in [0.29, 0.717) is 5.69 Å². The van der Waals surface area contributed by atoms with Crippen LogP contribution in [0.1, 0.15) is 53.9 Å². The number of hydrogen-bond donors (Lipinski definition) is 10. The van der Waals surface area contributed by atoms with Crippen molar-refractivity contribution in [3.8, 4) is 16.9 Å². The maximum Gasteiger partial charge on any atom is 0.339 e. The summed E-state index contributed by atoms with van der Waals surface area (Å²) in [4.78, 5) is 87.2. The summed E-state index contributed by atoms with van der Waals surface area (Å²) in [5.74, 6) is -9.03. The van der Waals surface area contributed by atoms with Crippen LogP contribution in [0.15, 0.2) is 146 Å². The molecule has 0 heterocycles. The van der Waals surface area contributed by atoms with E-state index >= 15 is 0 Å². The highest BCUT2D eigenvalue weighted by molar-refractivity contribution is 7.93. The molecule has 376 valence electrons. The number of carbonyl (C=O) groups is 7. The number of ketones is 3. The van der Waals surface area contributed by atoms with E-state index < -0.39 is 111 Å². The monoisotopic (exact) mass is 1050 g/mol. The zero-order valence-corrected chi connectivity index (χ0v) is 39.2. The zero-order valence-electron chi connectivity index (χ0n) is 37.5. The van der Waals surface area contributed by atoms with E-state index in [1.165, 1.54) is 24.3 Å². The summed E-state index contributed by atoms with van der Waals surface area (Å²) in [6, 6.07) is 19.4. The van der Waals surface area contributed by atoms with E-state index in [1.807, 2.05) is 0 Å². The number of aromatic carboxylic acids is 3. The predicted octanol–water partition coefficient (Wildman–Crippen LogP) is 5.55. The first-order valence-electron chi connectivity index (χ1n) is 20.8. The van der Waals surface area contributed by atoms with E-state index in [2.05, 4.69) is 41.9 Å². The molecular formula is C47H35N9O16S2. The van der Waals surface area contributed by atoms with Gasteiger partial charge in [0.15, 0.2) is 11.5 Å². The Bertz CT molecular complexity index is 3720. The normalized spacial score (nSPS) is 15.0. The van der Waals surface area contributed by atoms with Gasteiger partial charge in [0, 0.05) is 22.5 Å². The number of Topliss-reactive ketones (excluding diaryl/α,β-unsaturated/α-hetero) is 2. The van der Waals surface area contributed by atoms with Crippen molar-refractivity contribution in [3.63, 3.8) is 0 Å². The van der Waals surface area contributed by atoms with E-state index in [0.717, 1.165) is 73.7 Å². The van der Waals surface area contributed by atoms with Gasteiger partial charge in [0.2, 0.25) is 27.6 Å². The number of hydrogen-bond acceptors (Lipinski definition) is 19. The third-order valence-corrected chi connectivity index (χ3v) is 12.4. The number of benzene rings is 5. The highest BCUT2D eigenvalue weighted by atomic mass is 32.2. The first-order chi connectivity index (χ1) is 34.9. The van der Waals surface area contributed by atoms with Crippen LogP contribution in [0.25, 0.3) is 17.2 Å². The van der Waals surface area contributed by atoms with Gasteiger partial charge in [-0.2, -0.15) is 28.8 Å². The maximum atomic E-state index is 14.2. The first kappa shape index (κ1) is 52.0. The van der Waals surface area contributed by atoms with Crippen molar-refractivity contribution < 1.29 is 75.4 Å². The van der Waals surface area contributed by atoms with Crippen molar-refractivity contribution in [3.05, 3.63) is 153 Å². The molecule has 25 nitrogen and oxygen atoms in total. The lowest BCUT2D eigenvalue weighted by molar-refractivity contribution is -0.126. The number of primary sulfonamides is 1. The Morgan fingerprint density at radius 2 is 1.34 bits per heavy atom. The summed E-state index contributed by atoms with van der Waals surface area (Å²) in [5, 5.41) is 65.4. The minimum atomic E-state index is -5.34. The molecule has 0 radical (unpaired) electrons. The van der Waals surface area contributed by atoms with Crippen LogP contribution in [0.4, 0.5) is 34.1 Å². The quantitative estimate of drug-likeness (QED) is 0.0136. The molecule has 1 atom stereocenters. The number of nitrogens with one attached hydrogen (secondary N) is 4. The van der Waals surface area contributed by atoms with E-state index in [9.17, 15) is 75.4 Å². The topological polar surface area (TPSA) is 412 Å². The lowest BCUT2D eigenvalue weighted by Crippen LogP contribution is -2.31. The van der Waals surface area contributed by atoms with E-state index in [1.54, 1.807) is 30.3 Å². The predicted molar refractivity (Wildman–Crippen MR) is 266 cm³/mol. The number of allylic oxidation sites excluding steroid dienone is 4. The Kier molecular flexibility index (Phi) is 14.7. The molecule has 1 unspecified atom stereocenters. The number of sulfonamides is 1.